The van der Waals surface area contributed by atoms with Crippen LogP contribution in [0, 0.1) is 56.7 Å². The van der Waals surface area contributed by atoms with Crippen molar-refractivity contribution in [2.24, 2.45) is 56.7 Å². The number of aliphatic hydroxyl groups is 1. The van der Waals surface area contributed by atoms with E-state index in [1.807, 2.05) is 0 Å². The normalized spacial score (nSPS) is 48.5. The first-order chi connectivity index (χ1) is 19.7. The van der Waals surface area contributed by atoms with E-state index in [9.17, 15) is 14.7 Å². The Kier molecular flexibility index (Phi) is 7.53. The Bertz CT molecular complexity index is 1130. The molecule has 0 bridgehead atoms. The Morgan fingerprint density at radius 3 is 2.52 bits per heavy atom. The molecule has 5 aliphatic carbocycles. The molecule has 0 radical (unpaired) electrons. The van der Waals surface area contributed by atoms with Gasteiger partial charge in [-0.3, -0.25) is 14.5 Å². The molecule has 6 heteroatoms. The molecule has 2 N–H and O–H groups in total. The van der Waals surface area contributed by atoms with Crippen LogP contribution in [0.25, 0.3) is 0 Å². The summed E-state index contributed by atoms with van der Waals surface area (Å²) in [5, 5.41) is 13.9. The molecule has 6 rings (SSSR count). The summed E-state index contributed by atoms with van der Waals surface area (Å²) in [5.41, 5.74) is 1.59. The number of carbonyl (C=O) groups is 2. The van der Waals surface area contributed by atoms with E-state index in [4.69, 9.17) is 4.74 Å². The summed E-state index contributed by atoms with van der Waals surface area (Å²) in [6.07, 6.45) is 11.9. The van der Waals surface area contributed by atoms with E-state index in [0.29, 0.717) is 49.9 Å². The van der Waals surface area contributed by atoms with Gasteiger partial charge in [0.2, 0.25) is 5.91 Å². The van der Waals surface area contributed by atoms with E-state index in [-0.39, 0.29) is 45.6 Å². The van der Waals surface area contributed by atoms with E-state index in [1.54, 1.807) is 5.57 Å². The number of nitrogens with one attached hydrogen (secondary N) is 1. The van der Waals surface area contributed by atoms with E-state index in [0.717, 1.165) is 51.5 Å². The van der Waals surface area contributed by atoms with E-state index in [1.165, 1.54) is 12.8 Å². The second-order valence-electron chi connectivity index (χ2n) is 16.9. The molecule has 0 spiro atoms. The van der Waals surface area contributed by atoms with Gasteiger partial charge in [0.1, 0.15) is 6.61 Å². The molecule has 10 atom stereocenters. The number of carbonyl (C=O) groups excluding carboxylic acids is 2. The molecule has 1 saturated heterocycles. The van der Waals surface area contributed by atoms with Gasteiger partial charge < -0.3 is 15.2 Å². The minimum Gasteiger partial charge on any atom is -0.464 e. The number of fused-ring (bicyclic) bond motifs is 7. The van der Waals surface area contributed by atoms with Crippen molar-refractivity contribution in [1.29, 1.82) is 0 Å². The zero-order chi connectivity index (χ0) is 30.3. The molecule has 0 aromatic carbocycles. The summed E-state index contributed by atoms with van der Waals surface area (Å²) in [6, 6.07) is 0. The maximum atomic E-state index is 14.2. The average molecular weight is 583 g/mol. The molecule has 42 heavy (non-hydrogen) atoms. The van der Waals surface area contributed by atoms with Crippen LogP contribution in [0.15, 0.2) is 11.6 Å². The van der Waals surface area contributed by atoms with Crippen LogP contribution in [-0.2, 0) is 14.3 Å². The van der Waals surface area contributed by atoms with Gasteiger partial charge >= 0.3 is 5.97 Å². The third kappa shape index (κ3) is 4.23. The predicted octanol–water partition coefficient (Wildman–Crippen LogP) is 5.98. The lowest BCUT2D eigenvalue weighted by molar-refractivity contribution is -0.207. The Balaban J connectivity index is 1.30. The first-order valence-corrected chi connectivity index (χ1v) is 17.3. The van der Waals surface area contributed by atoms with Gasteiger partial charge in [-0.15, -0.1) is 0 Å². The van der Waals surface area contributed by atoms with Crippen molar-refractivity contribution in [1.82, 2.24) is 10.2 Å². The molecular formula is C36H58N2O4. The third-order valence-electron chi connectivity index (χ3n) is 15.1. The fourth-order valence-corrected chi connectivity index (χ4v) is 12.1. The zero-order valence-electron chi connectivity index (χ0n) is 27.6. The Morgan fingerprint density at radius 2 is 1.79 bits per heavy atom. The largest absolute Gasteiger partial charge is 0.464 e. The van der Waals surface area contributed by atoms with Crippen molar-refractivity contribution in [2.75, 3.05) is 32.8 Å². The van der Waals surface area contributed by atoms with Crippen molar-refractivity contribution in [3.8, 4) is 0 Å². The maximum Gasteiger partial charge on any atom is 0.312 e. The highest BCUT2D eigenvalue weighted by atomic mass is 16.5. The van der Waals surface area contributed by atoms with E-state index >= 15 is 0 Å². The number of rotatable bonds is 4. The van der Waals surface area contributed by atoms with Crippen LogP contribution < -0.4 is 5.32 Å². The second kappa shape index (κ2) is 10.3. The molecule has 1 heterocycles. The summed E-state index contributed by atoms with van der Waals surface area (Å²) in [5.74, 6) is 2.48. The first kappa shape index (κ1) is 30.6. The second-order valence-corrected chi connectivity index (χ2v) is 16.9. The SMILES string of the molecule is C[C@H]1[C@H](C)CC[C@]2(C(=O)OCCN3CCNC(=O)C3)CC[C@]3(C)C(=CC[C@@H]4[C@@]5(C)CC[C@H](O)C(C)(C)[C@@H]5CC[C@]43C)[C@H]12. The number of hydrogen-bond donors (Lipinski definition) is 2. The van der Waals surface area contributed by atoms with Crippen LogP contribution in [-0.4, -0.2) is 60.8 Å². The van der Waals surface area contributed by atoms with Crippen LogP contribution in [0.5, 0.6) is 0 Å². The van der Waals surface area contributed by atoms with Crippen LogP contribution in [0.3, 0.4) is 0 Å². The standard InChI is InChI=1S/C36H58N2O4/c1-23-10-15-36(31(41)42-21-20-38-19-18-37-29(40)22-38)17-16-34(6)25(30(36)24(23)2)8-9-27-33(5)13-12-28(39)32(3,4)26(33)11-14-35(27,34)7/h8,23-24,26-28,30,39H,9-22H2,1-7H3,(H,37,40)/t23-,24+,26+,27-,28+,30+,33+,34-,35-,36+/m1/s1. The summed E-state index contributed by atoms with van der Waals surface area (Å²) >= 11 is 0. The molecule has 1 amide bonds. The highest BCUT2D eigenvalue weighted by Gasteiger charge is 2.69. The molecule has 5 fully saturated rings. The van der Waals surface area contributed by atoms with Crippen LogP contribution in [0.1, 0.15) is 106 Å². The Morgan fingerprint density at radius 1 is 1.02 bits per heavy atom. The van der Waals surface area contributed by atoms with Crippen molar-refractivity contribution in [2.45, 2.75) is 112 Å². The number of ether oxygens (including phenoxy) is 1. The number of esters is 1. The van der Waals surface area contributed by atoms with Crippen LogP contribution in [0.2, 0.25) is 0 Å². The topological polar surface area (TPSA) is 78.9 Å². The Labute approximate surface area is 254 Å². The monoisotopic (exact) mass is 582 g/mol. The lowest BCUT2D eigenvalue weighted by Gasteiger charge is -2.71. The smallest absolute Gasteiger partial charge is 0.312 e. The molecule has 6 aliphatic rings. The first-order valence-electron chi connectivity index (χ1n) is 17.3. The number of nitrogens with zero attached hydrogens (tertiary/aromatic N) is 1. The molecule has 4 saturated carbocycles. The van der Waals surface area contributed by atoms with Crippen molar-refractivity contribution in [3.05, 3.63) is 11.6 Å². The maximum absolute atomic E-state index is 14.2. The highest BCUT2D eigenvalue weighted by molar-refractivity contribution is 5.79. The van der Waals surface area contributed by atoms with Crippen molar-refractivity contribution >= 4 is 11.9 Å². The summed E-state index contributed by atoms with van der Waals surface area (Å²) in [4.78, 5) is 28.1. The van der Waals surface area contributed by atoms with Gasteiger partial charge in [0.25, 0.3) is 0 Å². The summed E-state index contributed by atoms with van der Waals surface area (Å²) < 4.78 is 6.16. The molecule has 6 nitrogen and oxygen atoms in total. The lowest BCUT2D eigenvalue weighted by atomic mass is 9.33. The summed E-state index contributed by atoms with van der Waals surface area (Å²) in [6.45, 7) is 20.0. The van der Waals surface area contributed by atoms with Gasteiger partial charge in [-0.05, 0) is 109 Å². The number of aliphatic hydroxyl groups excluding tert-OH is 1. The molecular weight excluding hydrogens is 524 g/mol. The van der Waals surface area contributed by atoms with E-state index in [2.05, 4.69) is 64.8 Å². The number of amides is 1. The van der Waals surface area contributed by atoms with E-state index < -0.39 is 5.41 Å². The van der Waals surface area contributed by atoms with Crippen LogP contribution >= 0.6 is 0 Å². The third-order valence-corrected chi connectivity index (χ3v) is 15.1. The quantitative estimate of drug-likeness (QED) is 0.315. The van der Waals surface area contributed by atoms with Gasteiger partial charge in [0, 0.05) is 19.6 Å². The van der Waals surface area contributed by atoms with Crippen molar-refractivity contribution < 1.29 is 19.4 Å². The van der Waals surface area contributed by atoms with Gasteiger partial charge in [-0.2, -0.15) is 0 Å². The molecule has 0 aromatic heterocycles. The summed E-state index contributed by atoms with van der Waals surface area (Å²) in [7, 11) is 0. The number of allylic oxidation sites excluding steroid dienone is 2. The molecule has 0 aromatic rings. The van der Waals surface area contributed by atoms with Gasteiger partial charge in [0.15, 0.2) is 0 Å². The number of piperazine rings is 1. The molecule has 0 unspecified atom stereocenters. The van der Waals surface area contributed by atoms with Gasteiger partial charge in [-0.25, -0.2) is 0 Å². The minimum absolute atomic E-state index is 0.0154. The predicted molar refractivity (Wildman–Crippen MR) is 165 cm³/mol. The fraction of sp³-hybridized carbons (Fsp3) is 0.889. The van der Waals surface area contributed by atoms with Gasteiger partial charge in [0.05, 0.1) is 18.1 Å². The minimum atomic E-state index is -0.433. The zero-order valence-corrected chi connectivity index (χ0v) is 27.6. The van der Waals surface area contributed by atoms with Gasteiger partial charge in [-0.1, -0.05) is 60.1 Å². The fourth-order valence-electron chi connectivity index (χ4n) is 12.1. The van der Waals surface area contributed by atoms with Crippen LogP contribution in [0.4, 0.5) is 0 Å². The lowest BCUT2D eigenvalue weighted by Crippen LogP contribution is -2.65. The molecule has 1 aliphatic heterocycles. The highest BCUT2D eigenvalue weighted by Crippen LogP contribution is 2.75. The average Bonchev–Trinajstić information content (AvgIpc) is 2.93. The molecule has 236 valence electrons. The number of hydrogen-bond acceptors (Lipinski definition) is 5. The Hall–Kier alpha value is -1.40. The van der Waals surface area contributed by atoms with Crippen molar-refractivity contribution in [3.63, 3.8) is 0 Å².